The van der Waals surface area contributed by atoms with Gasteiger partial charge in [0.25, 0.3) is 0 Å². The molecule has 1 fully saturated rings. The highest BCUT2D eigenvalue weighted by Crippen LogP contribution is 2.25. The van der Waals surface area contributed by atoms with Crippen LogP contribution < -0.4 is 0 Å². The van der Waals surface area contributed by atoms with Gasteiger partial charge in [0, 0.05) is 12.3 Å². The lowest BCUT2D eigenvalue weighted by molar-refractivity contribution is -0.124. The Morgan fingerprint density at radius 1 is 1.33 bits per heavy atom. The van der Waals surface area contributed by atoms with E-state index in [-0.39, 0.29) is 0 Å². The third-order valence-electron chi connectivity index (χ3n) is 2.84. The summed E-state index contributed by atoms with van der Waals surface area (Å²) in [4.78, 5) is 11.4. The van der Waals surface area contributed by atoms with Gasteiger partial charge in [-0.15, -0.1) is 0 Å². The number of carbonyl (C=O) groups excluding carboxylic acids is 1. The molecule has 0 spiro atoms. The SMILES string of the molecule is CCCCC[C@H]1CCCCC1=O. The Bertz CT molecular complexity index is 140. The molecule has 0 aromatic rings. The third-order valence-corrected chi connectivity index (χ3v) is 2.84. The Kier molecular flexibility index (Phi) is 4.34. The van der Waals surface area contributed by atoms with Crippen molar-refractivity contribution in [2.45, 2.75) is 58.3 Å². The molecule has 0 radical (unpaired) electrons. The smallest absolute Gasteiger partial charge is 0.135 e. The summed E-state index contributed by atoms with van der Waals surface area (Å²) in [6.45, 7) is 2.21. The fourth-order valence-corrected chi connectivity index (χ4v) is 2.00. The van der Waals surface area contributed by atoms with Crippen molar-refractivity contribution in [3.05, 3.63) is 0 Å². The molecular weight excluding hydrogens is 148 g/mol. The number of rotatable bonds is 4. The average molecular weight is 168 g/mol. The summed E-state index contributed by atoms with van der Waals surface area (Å²) < 4.78 is 0. The van der Waals surface area contributed by atoms with Gasteiger partial charge in [-0.25, -0.2) is 0 Å². The zero-order valence-electron chi connectivity index (χ0n) is 8.14. The van der Waals surface area contributed by atoms with Crippen LogP contribution in [0.2, 0.25) is 0 Å². The summed E-state index contributed by atoms with van der Waals surface area (Å²) in [6.07, 6.45) is 9.43. The molecule has 0 heterocycles. The molecule has 1 nitrogen and oxygen atoms in total. The van der Waals surface area contributed by atoms with Crippen LogP contribution >= 0.6 is 0 Å². The second kappa shape index (κ2) is 5.34. The van der Waals surface area contributed by atoms with Gasteiger partial charge in [-0.1, -0.05) is 32.6 Å². The molecule has 1 atom stereocenters. The normalized spacial score (nSPS) is 24.4. The highest BCUT2D eigenvalue weighted by Gasteiger charge is 2.20. The second-order valence-corrected chi connectivity index (χ2v) is 3.90. The Morgan fingerprint density at radius 2 is 2.17 bits per heavy atom. The first-order chi connectivity index (χ1) is 5.84. The van der Waals surface area contributed by atoms with E-state index < -0.39 is 0 Å². The predicted molar refractivity (Wildman–Crippen MR) is 51.1 cm³/mol. The van der Waals surface area contributed by atoms with Crippen molar-refractivity contribution in [1.82, 2.24) is 0 Å². The quantitative estimate of drug-likeness (QED) is 0.588. The number of carbonyl (C=O) groups is 1. The van der Waals surface area contributed by atoms with Gasteiger partial charge in [-0.3, -0.25) is 4.79 Å². The molecule has 1 saturated carbocycles. The number of Topliss-reactive ketones (excluding diaryl/α,β-unsaturated/α-hetero) is 1. The van der Waals surface area contributed by atoms with Crippen molar-refractivity contribution < 1.29 is 4.79 Å². The van der Waals surface area contributed by atoms with Crippen LogP contribution in [0.25, 0.3) is 0 Å². The lowest BCUT2D eigenvalue weighted by Gasteiger charge is -2.19. The minimum Gasteiger partial charge on any atom is -0.299 e. The first-order valence-electron chi connectivity index (χ1n) is 5.37. The van der Waals surface area contributed by atoms with Gasteiger partial charge in [0.05, 0.1) is 0 Å². The summed E-state index contributed by atoms with van der Waals surface area (Å²) in [5.41, 5.74) is 0. The van der Waals surface area contributed by atoms with E-state index in [1.54, 1.807) is 0 Å². The van der Waals surface area contributed by atoms with Gasteiger partial charge in [0.15, 0.2) is 0 Å². The molecule has 0 aliphatic heterocycles. The van der Waals surface area contributed by atoms with Crippen molar-refractivity contribution in [3.8, 4) is 0 Å². The summed E-state index contributed by atoms with van der Waals surface area (Å²) in [5, 5.41) is 0. The molecule has 1 heteroatoms. The molecule has 0 aromatic carbocycles. The molecule has 0 bridgehead atoms. The van der Waals surface area contributed by atoms with E-state index in [1.165, 1.54) is 32.1 Å². The first kappa shape index (κ1) is 9.76. The van der Waals surface area contributed by atoms with Gasteiger partial charge < -0.3 is 0 Å². The fraction of sp³-hybridized carbons (Fsp3) is 0.909. The van der Waals surface area contributed by atoms with Crippen molar-refractivity contribution in [2.75, 3.05) is 0 Å². The lowest BCUT2D eigenvalue weighted by Crippen LogP contribution is -2.18. The number of ketones is 1. The first-order valence-corrected chi connectivity index (χ1v) is 5.37. The van der Waals surface area contributed by atoms with Crippen LogP contribution in [-0.4, -0.2) is 5.78 Å². The third kappa shape index (κ3) is 2.96. The van der Waals surface area contributed by atoms with Crippen LogP contribution in [0.5, 0.6) is 0 Å². The number of unbranched alkanes of at least 4 members (excludes halogenated alkanes) is 2. The average Bonchev–Trinajstić information content (AvgIpc) is 2.09. The van der Waals surface area contributed by atoms with Gasteiger partial charge in [0.2, 0.25) is 0 Å². The van der Waals surface area contributed by atoms with E-state index in [0.717, 1.165) is 19.3 Å². The maximum Gasteiger partial charge on any atom is 0.135 e. The van der Waals surface area contributed by atoms with Crippen molar-refractivity contribution in [1.29, 1.82) is 0 Å². The minimum atomic E-state index is 0.435. The van der Waals surface area contributed by atoms with Gasteiger partial charge >= 0.3 is 0 Å². The van der Waals surface area contributed by atoms with Crippen LogP contribution in [0.15, 0.2) is 0 Å². The minimum absolute atomic E-state index is 0.435. The zero-order valence-corrected chi connectivity index (χ0v) is 8.14. The highest BCUT2D eigenvalue weighted by atomic mass is 16.1. The van der Waals surface area contributed by atoms with E-state index in [1.807, 2.05) is 0 Å². The molecule has 1 aliphatic carbocycles. The monoisotopic (exact) mass is 168 g/mol. The molecule has 0 unspecified atom stereocenters. The second-order valence-electron chi connectivity index (χ2n) is 3.90. The predicted octanol–water partition coefficient (Wildman–Crippen LogP) is 3.33. The van der Waals surface area contributed by atoms with Crippen LogP contribution in [0.4, 0.5) is 0 Å². The molecule has 12 heavy (non-hydrogen) atoms. The topological polar surface area (TPSA) is 17.1 Å². The van der Waals surface area contributed by atoms with Crippen LogP contribution in [-0.2, 0) is 4.79 Å². The van der Waals surface area contributed by atoms with Crippen molar-refractivity contribution in [2.24, 2.45) is 5.92 Å². The Morgan fingerprint density at radius 3 is 2.83 bits per heavy atom. The van der Waals surface area contributed by atoms with Crippen LogP contribution in [0.1, 0.15) is 58.3 Å². The van der Waals surface area contributed by atoms with E-state index in [4.69, 9.17) is 0 Å². The molecular formula is C11H20O. The molecule has 70 valence electrons. The Balaban J connectivity index is 2.16. The molecule has 0 aromatic heterocycles. The zero-order chi connectivity index (χ0) is 8.81. The van der Waals surface area contributed by atoms with E-state index in [0.29, 0.717) is 11.7 Å². The van der Waals surface area contributed by atoms with Gasteiger partial charge in [-0.05, 0) is 19.3 Å². The molecule has 0 N–H and O–H groups in total. The fourth-order valence-electron chi connectivity index (χ4n) is 2.00. The maximum atomic E-state index is 11.4. The summed E-state index contributed by atoms with van der Waals surface area (Å²) in [6, 6.07) is 0. The van der Waals surface area contributed by atoms with Crippen LogP contribution in [0.3, 0.4) is 0 Å². The molecule has 0 saturated heterocycles. The summed E-state index contributed by atoms with van der Waals surface area (Å²) in [7, 11) is 0. The lowest BCUT2D eigenvalue weighted by atomic mass is 9.84. The maximum absolute atomic E-state index is 11.4. The van der Waals surface area contributed by atoms with E-state index in [9.17, 15) is 4.79 Å². The standard InChI is InChI=1S/C11H20O/c1-2-3-4-7-10-8-5-6-9-11(10)12/h10H,2-9H2,1H3/t10-/m0/s1. The van der Waals surface area contributed by atoms with E-state index in [2.05, 4.69) is 6.92 Å². The summed E-state index contributed by atoms with van der Waals surface area (Å²) >= 11 is 0. The number of hydrogen-bond donors (Lipinski definition) is 0. The molecule has 1 rings (SSSR count). The van der Waals surface area contributed by atoms with Gasteiger partial charge in [0.1, 0.15) is 5.78 Å². The summed E-state index contributed by atoms with van der Waals surface area (Å²) in [5.74, 6) is 0.975. The van der Waals surface area contributed by atoms with Gasteiger partial charge in [-0.2, -0.15) is 0 Å². The van der Waals surface area contributed by atoms with Crippen molar-refractivity contribution >= 4 is 5.78 Å². The van der Waals surface area contributed by atoms with Crippen molar-refractivity contribution in [3.63, 3.8) is 0 Å². The highest BCUT2D eigenvalue weighted by molar-refractivity contribution is 5.81. The van der Waals surface area contributed by atoms with Crippen LogP contribution in [0, 0.1) is 5.92 Å². The molecule has 1 aliphatic rings. The molecule has 0 amide bonds. The Labute approximate surface area is 75.5 Å². The number of hydrogen-bond acceptors (Lipinski definition) is 1. The largest absolute Gasteiger partial charge is 0.299 e. The Hall–Kier alpha value is -0.330. The van der Waals surface area contributed by atoms with E-state index >= 15 is 0 Å².